The number of hydrogen-bond acceptors (Lipinski definition) is 8. The lowest BCUT2D eigenvalue weighted by atomic mass is 9.99. The molecule has 9 heteroatoms. The molecule has 2 rings (SSSR count). The zero-order valence-corrected chi connectivity index (χ0v) is 10.5. The van der Waals surface area contributed by atoms with E-state index in [1.807, 2.05) is 0 Å². The smallest absolute Gasteiger partial charge is 0.335 e. The van der Waals surface area contributed by atoms with Crippen LogP contribution in [0.1, 0.15) is 0 Å². The van der Waals surface area contributed by atoms with Crippen molar-refractivity contribution < 1.29 is 44.9 Å². The van der Waals surface area contributed by atoms with E-state index in [4.69, 9.17) is 14.6 Å². The number of aliphatic carboxylic acids is 1. The highest BCUT2D eigenvalue weighted by Crippen LogP contribution is 2.29. The van der Waals surface area contributed by atoms with Crippen LogP contribution in [0.5, 0.6) is 17.2 Å². The minimum atomic E-state index is -1.82. The molecule has 1 heterocycles. The van der Waals surface area contributed by atoms with Gasteiger partial charge in [-0.2, -0.15) is 0 Å². The van der Waals surface area contributed by atoms with Crippen molar-refractivity contribution in [3.05, 3.63) is 18.2 Å². The maximum absolute atomic E-state index is 10.9. The van der Waals surface area contributed by atoms with E-state index in [0.717, 1.165) is 18.2 Å². The van der Waals surface area contributed by atoms with Crippen LogP contribution in [-0.4, -0.2) is 67.3 Å². The van der Waals surface area contributed by atoms with Gasteiger partial charge >= 0.3 is 5.97 Å². The van der Waals surface area contributed by atoms with Gasteiger partial charge in [-0.3, -0.25) is 0 Å². The Morgan fingerprint density at radius 2 is 1.57 bits per heavy atom. The minimum absolute atomic E-state index is 0.121. The Labute approximate surface area is 118 Å². The normalized spacial score (nSPS) is 32.6. The van der Waals surface area contributed by atoms with Crippen molar-refractivity contribution in [3.8, 4) is 17.2 Å². The number of aromatic hydroxyl groups is 2. The van der Waals surface area contributed by atoms with Crippen molar-refractivity contribution >= 4 is 5.97 Å². The zero-order valence-electron chi connectivity index (χ0n) is 10.5. The van der Waals surface area contributed by atoms with Crippen LogP contribution in [-0.2, 0) is 9.53 Å². The lowest BCUT2D eigenvalue weighted by Crippen LogP contribution is -2.61. The molecule has 116 valence electrons. The Bertz CT molecular complexity index is 511. The van der Waals surface area contributed by atoms with E-state index < -0.39 is 36.7 Å². The lowest BCUT2D eigenvalue weighted by Gasteiger charge is -2.38. The van der Waals surface area contributed by atoms with Crippen LogP contribution in [0.3, 0.4) is 0 Å². The zero-order chi connectivity index (χ0) is 15.7. The van der Waals surface area contributed by atoms with Gasteiger partial charge in [0.05, 0.1) is 0 Å². The molecule has 1 saturated heterocycles. The largest absolute Gasteiger partial charge is 0.508 e. The molecule has 0 spiro atoms. The van der Waals surface area contributed by atoms with E-state index in [9.17, 15) is 30.3 Å². The molecule has 1 aliphatic rings. The first-order valence-electron chi connectivity index (χ1n) is 5.91. The maximum Gasteiger partial charge on any atom is 0.335 e. The van der Waals surface area contributed by atoms with Gasteiger partial charge in [0.25, 0.3) is 0 Å². The fraction of sp³-hybridized carbons (Fsp3) is 0.417. The number of hydrogen-bond donors (Lipinski definition) is 6. The maximum atomic E-state index is 10.9. The summed E-state index contributed by atoms with van der Waals surface area (Å²) >= 11 is 0. The van der Waals surface area contributed by atoms with Gasteiger partial charge in [-0.1, -0.05) is 0 Å². The monoisotopic (exact) mass is 302 g/mol. The fourth-order valence-corrected chi connectivity index (χ4v) is 1.92. The molecule has 0 amide bonds. The first-order valence-corrected chi connectivity index (χ1v) is 5.91. The quantitative estimate of drug-likeness (QED) is 0.385. The Kier molecular flexibility index (Phi) is 4.19. The molecule has 0 bridgehead atoms. The molecule has 0 aromatic heterocycles. The van der Waals surface area contributed by atoms with Crippen LogP contribution >= 0.6 is 0 Å². The third-order valence-electron chi connectivity index (χ3n) is 2.94. The highest BCUT2D eigenvalue weighted by atomic mass is 16.7. The van der Waals surface area contributed by atoms with Crippen molar-refractivity contribution in [1.29, 1.82) is 0 Å². The van der Waals surface area contributed by atoms with Crippen LogP contribution in [0.15, 0.2) is 18.2 Å². The average molecular weight is 302 g/mol. The predicted molar refractivity (Wildman–Crippen MR) is 64.7 cm³/mol. The Balaban J connectivity index is 2.19. The van der Waals surface area contributed by atoms with Gasteiger partial charge in [0.15, 0.2) is 6.10 Å². The van der Waals surface area contributed by atoms with Gasteiger partial charge in [-0.05, 0) is 0 Å². The first-order chi connectivity index (χ1) is 9.79. The van der Waals surface area contributed by atoms with Crippen molar-refractivity contribution in [2.75, 3.05) is 0 Å². The number of carboxylic acids is 1. The summed E-state index contributed by atoms with van der Waals surface area (Å²) in [6.45, 7) is 0. The molecule has 9 nitrogen and oxygen atoms in total. The second kappa shape index (κ2) is 5.74. The van der Waals surface area contributed by atoms with Crippen LogP contribution in [0.25, 0.3) is 0 Å². The van der Waals surface area contributed by atoms with E-state index in [-0.39, 0.29) is 17.2 Å². The van der Waals surface area contributed by atoms with Gasteiger partial charge in [0, 0.05) is 18.2 Å². The van der Waals surface area contributed by atoms with Gasteiger partial charge < -0.3 is 40.1 Å². The van der Waals surface area contributed by atoms with Crippen LogP contribution in [0.4, 0.5) is 0 Å². The van der Waals surface area contributed by atoms with Gasteiger partial charge in [-0.15, -0.1) is 0 Å². The number of benzene rings is 1. The predicted octanol–water partition coefficient (Wildman–Crippen LogP) is -1.63. The van der Waals surface area contributed by atoms with Crippen LogP contribution in [0.2, 0.25) is 0 Å². The second-order valence-electron chi connectivity index (χ2n) is 4.54. The summed E-state index contributed by atoms with van der Waals surface area (Å²) in [6, 6.07) is 3.20. The first kappa shape index (κ1) is 15.3. The number of rotatable bonds is 3. The number of aliphatic hydroxyl groups excluding tert-OH is 3. The number of carboxylic acid groups (broad SMARTS) is 1. The van der Waals surface area contributed by atoms with Crippen molar-refractivity contribution in [1.82, 2.24) is 0 Å². The Morgan fingerprint density at radius 1 is 1.00 bits per heavy atom. The number of carbonyl (C=O) groups is 1. The summed E-state index contributed by atoms with van der Waals surface area (Å²) in [4.78, 5) is 10.9. The Morgan fingerprint density at radius 3 is 2.10 bits per heavy atom. The van der Waals surface area contributed by atoms with E-state index in [0.29, 0.717) is 0 Å². The number of ether oxygens (including phenoxy) is 2. The summed E-state index contributed by atoms with van der Waals surface area (Å²) in [5, 5.41) is 56.3. The van der Waals surface area contributed by atoms with E-state index in [1.54, 1.807) is 0 Å². The number of phenolic OH excluding ortho intramolecular Hbond substituents is 2. The van der Waals surface area contributed by atoms with E-state index in [1.165, 1.54) is 0 Å². The number of phenols is 2. The summed E-state index contributed by atoms with van der Waals surface area (Å²) in [7, 11) is 0. The van der Waals surface area contributed by atoms with E-state index in [2.05, 4.69) is 0 Å². The molecular weight excluding hydrogens is 288 g/mol. The molecular formula is C12H14O9. The van der Waals surface area contributed by atoms with Crippen LogP contribution < -0.4 is 4.74 Å². The van der Waals surface area contributed by atoms with Gasteiger partial charge in [0.2, 0.25) is 6.29 Å². The van der Waals surface area contributed by atoms with Gasteiger partial charge in [0.1, 0.15) is 35.6 Å². The average Bonchev–Trinajstić information content (AvgIpc) is 2.38. The molecule has 6 N–H and O–H groups in total. The molecule has 1 fully saturated rings. The fourth-order valence-electron chi connectivity index (χ4n) is 1.92. The molecule has 5 atom stereocenters. The molecule has 21 heavy (non-hydrogen) atoms. The molecule has 0 saturated carbocycles. The number of aliphatic hydroxyl groups is 3. The van der Waals surface area contributed by atoms with Crippen molar-refractivity contribution in [3.63, 3.8) is 0 Å². The van der Waals surface area contributed by atoms with Gasteiger partial charge in [-0.25, -0.2) is 4.79 Å². The summed E-state index contributed by atoms with van der Waals surface area (Å²) < 4.78 is 9.98. The molecule has 0 aliphatic carbocycles. The molecule has 1 aromatic rings. The standard InChI is InChI=1S/C12H14O9/c13-4-1-5(14)3-6(2-4)20-12-9(17)7(15)8(16)10(21-12)11(18)19/h1-3,7-10,12-17H,(H,18,19)/t7-,8-,9+,10-,12+/m0/s1. The molecule has 1 aromatic carbocycles. The molecule has 0 radical (unpaired) electrons. The highest BCUT2D eigenvalue weighted by Gasteiger charge is 2.48. The Hall–Kier alpha value is -2.07. The highest BCUT2D eigenvalue weighted by molar-refractivity contribution is 5.73. The lowest BCUT2D eigenvalue weighted by molar-refractivity contribution is -0.271. The summed E-state index contributed by atoms with van der Waals surface area (Å²) in [6.07, 6.45) is -8.74. The molecule has 1 aliphatic heterocycles. The van der Waals surface area contributed by atoms with Crippen LogP contribution in [0, 0.1) is 0 Å². The third kappa shape index (κ3) is 3.16. The van der Waals surface area contributed by atoms with E-state index >= 15 is 0 Å². The topological polar surface area (TPSA) is 157 Å². The summed E-state index contributed by atoms with van der Waals surface area (Å²) in [5.41, 5.74) is 0. The molecule has 0 unspecified atom stereocenters. The SMILES string of the molecule is O=C(O)[C@H]1O[C@@H](Oc2cc(O)cc(O)c2)[C@H](O)[C@@H](O)[C@@H]1O. The van der Waals surface area contributed by atoms with Crippen molar-refractivity contribution in [2.45, 2.75) is 30.7 Å². The summed E-state index contributed by atoms with van der Waals surface area (Å²) in [5.74, 6) is -2.32. The second-order valence-corrected chi connectivity index (χ2v) is 4.54. The third-order valence-corrected chi connectivity index (χ3v) is 2.94. The minimum Gasteiger partial charge on any atom is -0.508 e. The van der Waals surface area contributed by atoms with Crippen molar-refractivity contribution in [2.24, 2.45) is 0 Å².